The molecule has 0 atom stereocenters. The van der Waals surface area contributed by atoms with Crippen molar-refractivity contribution in [2.45, 2.75) is 51.1 Å². The number of benzene rings is 2. The molecule has 1 aliphatic carbocycles. The largest absolute Gasteiger partial charge is 0.347 e. The van der Waals surface area contributed by atoms with Crippen molar-refractivity contribution in [3.63, 3.8) is 0 Å². The van der Waals surface area contributed by atoms with E-state index in [4.69, 9.17) is 0 Å². The minimum absolute atomic E-state index is 0.0387. The van der Waals surface area contributed by atoms with Crippen LogP contribution < -0.4 is 5.32 Å². The molecular weight excluding hydrogens is 320 g/mol. The van der Waals surface area contributed by atoms with Crippen LogP contribution in [0.4, 0.5) is 0 Å². The number of nitrogens with zero attached hydrogens (tertiary/aromatic N) is 1. The first-order valence-corrected chi connectivity index (χ1v) is 9.69. The molecule has 0 bridgehead atoms. The maximum absolute atomic E-state index is 13.1. The fourth-order valence-corrected chi connectivity index (χ4v) is 3.80. The molecule has 0 aliphatic heterocycles. The highest BCUT2D eigenvalue weighted by atomic mass is 16.1. The number of rotatable bonds is 7. The Morgan fingerprint density at radius 1 is 1.04 bits per heavy atom. The molecule has 3 heteroatoms. The summed E-state index contributed by atoms with van der Waals surface area (Å²) in [7, 11) is 0. The number of unbranched alkanes of at least 4 members (excludes halogenated alkanes) is 2. The van der Waals surface area contributed by atoms with Crippen LogP contribution >= 0.6 is 0 Å². The number of carbonyl (C=O) groups excluding carboxylic acids is 1. The fourth-order valence-electron chi connectivity index (χ4n) is 3.80. The molecule has 134 valence electrons. The van der Waals surface area contributed by atoms with Crippen LogP contribution in [0, 0.1) is 0 Å². The lowest BCUT2D eigenvalue weighted by atomic mass is 10.0. The van der Waals surface area contributed by atoms with Crippen LogP contribution in [-0.2, 0) is 12.1 Å². The number of para-hydroxylation sites is 1. The average Bonchev–Trinajstić information content (AvgIpc) is 3.37. The van der Waals surface area contributed by atoms with Crippen molar-refractivity contribution in [1.29, 1.82) is 0 Å². The Morgan fingerprint density at radius 2 is 1.77 bits per heavy atom. The topological polar surface area (TPSA) is 34.0 Å². The standard InChI is InChI=1S/C23H26N2O/c1-2-3-9-16-25-17-20(19-12-7-8-13-21(19)25)22(26)24-23(14-15-23)18-10-5-4-6-11-18/h4-8,10-13,17H,2-3,9,14-16H2,1H3,(H,24,26). The molecule has 0 saturated heterocycles. The Bertz CT molecular complexity index is 906. The van der Waals surface area contributed by atoms with E-state index in [1.54, 1.807) is 0 Å². The van der Waals surface area contributed by atoms with Crippen LogP contribution in [0.5, 0.6) is 0 Å². The van der Waals surface area contributed by atoms with E-state index in [2.05, 4.69) is 41.1 Å². The Kier molecular flexibility index (Phi) is 4.54. The van der Waals surface area contributed by atoms with E-state index in [1.165, 1.54) is 18.4 Å². The van der Waals surface area contributed by atoms with Crippen LogP contribution in [-0.4, -0.2) is 10.5 Å². The van der Waals surface area contributed by atoms with Crippen molar-refractivity contribution in [3.05, 3.63) is 71.9 Å². The molecule has 1 heterocycles. The van der Waals surface area contributed by atoms with Gasteiger partial charge in [-0.15, -0.1) is 0 Å². The molecule has 26 heavy (non-hydrogen) atoms. The van der Waals surface area contributed by atoms with Crippen molar-refractivity contribution >= 4 is 16.8 Å². The molecule has 1 N–H and O–H groups in total. The first-order chi connectivity index (χ1) is 12.7. The molecule has 0 unspecified atom stereocenters. The molecule has 1 fully saturated rings. The van der Waals surface area contributed by atoms with Gasteiger partial charge in [-0.05, 0) is 30.9 Å². The highest BCUT2D eigenvalue weighted by Gasteiger charge is 2.45. The molecule has 3 aromatic rings. The number of carbonyl (C=O) groups is 1. The molecule has 0 spiro atoms. The number of nitrogens with one attached hydrogen (secondary N) is 1. The molecule has 2 aromatic carbocycles. The lowest BCUT2D eigenvalue weighted by molar-refractivity contribution is 0.0932. The highest BCUT2D eigenvalue weighted by Crippen LogP contribution is 2.45. The van der Waals surface area contributed by atoms with Crippen LogP contribution in [0.25, 0.3) is 10.9 Å². The van der Waals surface area contributed by atoms with Gasteiger partial charge in [-0.2, -0.15) is 0 Å². The zero-order chi connectivity index (χ0) is 18.0. The summed E-state index contributed by atoms with van der Waals surface area (Å²) < 4.78 is 2.24. The van der Waals surface area contributed by atoms with E-state index in [1.807, 2.05) is 36.5 Å². The summed E-state index contributed by atoms with van der Waals surface area (Å²) in [5.41, 5.74) is 2.97. The normalized spacial score (nSPS) is 15.1. The Morgan fingerprint density at radius 3 is 2.50 bits per heavy atom. The van der Waals surface area contributed by atoms with Crippen molar-refractivity contribution in [1.82, 2.24) is 9.88 Å². The minimum Gasteiger partial charge on any atom is -0.347 e. The number of amides is 1. The summed E-state index contributed by atoms with van der Waals surface area (Å²) in [6.45, 7) is 3.18. The molecule has 1 amide bonds. The maximum atomic E-state index is 13.1. The second-order valence-electron chi connectivity index (χ2n) is 7.36. The summed E-state index contributed by atoms with van der Waals surface area (Å²) >= 11 is 0. The summed E-state index contributed by atoms with van der Waals surface area (Å²) in [5, 5.41) is 4.37. The van der Waals surface area contributed by atoms with Gasteiger partial charge >= 0.3 is 0 Å². The monoisotopic (exact) mass is 346 g/mol. The molecule has 3 nitrogen and oxygen atoms in total. The van der Waals surface area contributed by atoms with Crippen LogP contribution in [0.3, 0.4) is 0 Å². The van der Waals surface area contributed by atoms with E-state index in [0.717, 1.165) is 42.3 Å². The van der Waals surface area contributed by atoms with E-state index in [9.17, 15) is 4.79 Å². The van der Waals surface area contributed by atoms with Gasteiger partial charge < -0.3 is 9.88 Å². The van der Waals surface area contributed by atoms with E-state index in [0.29, 0.717) is 0 Å². The lowest BCUT2D eigenvalue weighted by Gasteiger charge is -2.17. The second kappa shape index (κ2) is 6.99. The van der Waals surface area contributed by atoms with Crippen molar-refractivity contribution in [2.75, 3.05) is 0 Å². The predicted octanol–water partition coefficient (Wildman–Crippen LogP) is 5.25. The molecule has 1 aliphatic rings. The lowest BCUT2D eigenvalue weighted by Crippen LogP contribution is -2.34. The van der Waals surface area contributed by atoms with Gasteiger partial charge in [-0.25, -0.2) is 0 Å². The number of hydrogen-bond donors (Lipinski definition) is 1. The van der Waals surface area contributed by atoms with Gasteiger partial charge in [0.25, 0.3) is 5.91 Å². The third-order valence-electron chi connectivity index (χ3n) is 5.46. The van der Waals surface area contributed by atoms with Gasteiger partial charge in [0, 0.05) is 23.6 Å². The second-order valence-corrected chi connectivity index (χ2v) is 7.36. The number of hydrogen-bond acceptors (Lipinski definition) is 1. The number of fused-ring (bicyclic) bond motifs is 1. The van der Waals surface area contributed by atoms with Crippen molar-refractivity contribution < 1.29 is 4.79 Å². The van der Waals surface area contributed by atoms with Crippen LogP contribution in [0.15, 0.2) is 60.8 Å². The SMILES string of the molecule is CCCCCn1cc(C(=O)NC2(c3ccccc3)CC2)c2ccccc21. The quantitative estimate of drug-likeness (QED) is 0.582. The fraction of sp³-hybridized carbons (Fsp3) is 0.348. The Labute approximate surface area is 155 Å². The van der Waals surface area contributed by atoms with Gasteiger partial charge in [0.1, 0.15) is 0 Å². The zero-order valence-corrected chi connectivity index (χ0v) is 15.4. The third-order valence-corrected chi connectivity index (χ3v) is 5.46. The summed E-state index contributed by atoms with van der Waals surface area (Å²) in [6.07, 6.45) is 7.62. The van der Waals surface area contributed by atoms with Gasteiger partial charge in [0.15, 0.2) is 0 Å². The van der Waals surface area contributed by atoms with Crippen LogP contribution in [0.2, 0.25) is 0 Å². The zero-order valence-electron chi connectivity index (χ0n) is 15.4. The van der Waals surface area contributed by atoms with E-state index >= 15 is 0 Å². The first kappa shape index (κ1) is 16.9. The average molecular weight is 346 g/mol. The van der Waals surface area contributed by atoms with Gasteiger partial charge in [0.05, 0.1) is 11.1 Å². The molecule has 1 aromatic heterocycles. The predicted molar refractivity (Wildman–Crippen MR) is 106 cm³/mol. The molecule has 1 saturated carbocycles. The Balaban J connectivity index is 1.61. The first-order valence-electron chi connectivity index (χ1n) is 9.69. The molecular formula is C23H26N2O. The molecule has 4 rings (SSSR count). The smallest absolute Gasteiger partial charge is 0.254 e. The Hall–Kier alpha value is -2.55. The summed E-state index contributed by atoms with van der Waals surface area (Å²) in [4.78, 5) is 13.1. The minimum atomic E-state index is -0.177. The maximum Gasteiger partial charge on any atom is 0.254 e. The molecule has 0 radical (unpaired) electrons. The van der Waals surface area contributed by atoms with Crippen molar-refractivity contribution in [3.8, 4) is 0 Å². The van der Waals surface area contributed by atoms with Gasteiger partial charge in [0.2, 0.25) is 0 Å². The van der Waals surface area contributed by atoms with Gasteiger partial charge in [-0.3, -0.25) is 4.79 Å². The van der Waals surface area contributed by atoms with Crippen LogP contribution in [0.1, 0.15) is 54.9 Å². The van der Waals surface area contributed by atoms with Gasteiger partial charge in [-0.1, -0.05) is 68.3 Å². The summed E-state index contributed by atoms with van der Waals surface area (Å²) in [6, 6.07) is 18.6. The summed E-state index contributed by atoms with van der Waals surface area (Å²) in [5.74, 6) is 0.0387. The van der Waals surface area contributed by atoms with E-state index in [-0.39, 0.29) is 11.4 Å². The number of aromatic nitrogens is 1. The third kappa shape index (κ3) is 3.14. The van der Waals surface area contributed by atoms with Crippen molar-refractivity contribution in [2.24, 2.45) is 0 Å². The highest BCUT2D eigenvalue weighted by molar-refractivity contribution is 6.07. The van der Waals surface area contributed by atoms with E-state index < -0.39 is 0 Å². The number of aryl methyl sites for hydroxylation is 1.